The first kappa shape index (κ1) is 32.0. The minimum atomic E-state index is -2.88. The van der Waals surface area contributed by atoms with Crippen molar-refractivity contribution in [2.75, 3.05) is 20.3 Å². The SMILES string of the molecule is C=C=C(Cc1ccc(C(COC)Cc2ccc(C)c(C(C)(F)F)c2)c(OCC)c1)[C@@H](C=C)C(C)C.C=O.[HH].[HH].[HH]. The summed E-state index contributed by atoms with van der Waals surface area (Å²) in [5.74, 6) is -1.52. The molecular weight excluding hydrogens is 470 g/mol. The number of hydrogen-bond acceptors (Lipinski definition) is 3. The van der Waals surface area contributed by atoms with E-state index >= 15 is 0 Å². The molecule has 208 valence electrons. The van der Waals surface area contributed by atoms with E-state index in [1.165, 1.54) is 0 Å². The second-order valence-corrected chi connectivity index (χ2v) is 9.58. The summed E-state index contributed by atoms with van der Waals surface area (Å²) in [5, 5.41) is 0. The summed E-state index contributed by atoms with van der Waals surface area (Å²) in [5.41, 5.74) is 7.85. The predicted molar refractivity (Wildman–Crippen MR) is 155 cm³/mol. The molecule has 1 unspecified atom stereocenters. The van der Waals surface area contributed by atoms with Gasteiger partial charge in [0, 0.05) is 42.1 Å². The van der Waals surface area contributed by atoms with Gasteiger partial charge in [-0.3, -0.25) is 0 Å². The van der Waals surface area contributed by atoms with Crippen LogP contribution in [-0.4, -0.2) is 27.1 Å². The molecule has 0 saturated carbocycles. The van der Waals surface area contributed by atoms with Gasteiger partial charge in [0.1, 0.15) is 12.5 Å². The number of alkyl halides is 2. The minimum absolute atomic E-state index is 0. The van der Waals surface area contributed by atoms with Crippen molar-refractivity contribution in [2.24, 2.45) is 11.8 Å². The molecule has 3 nitrogen and oxygen atoms in total. The van der Waals surface area contributed by atoms with Crippen LogP contribution < -0.4 is 4.74 Å². The van der Waals surface area contributed by atoms with Gasteiger partial charge in [-0.25, -0.2) is 8.78 Å². The van der Waals surface area contributed by atoms with Gasteiger partial charge in [0.05, 0.1) is 13.2 Å². The number of rotatable bonds is 13. The lowest BCUT2D eigenvalue weighted by Gasteiger charge is -2.23. The van der Waals surface area contributed by atoms with Crippen LogP contribution in [-0.2, 0) is 28.3 Å². The Morgan fingerprint density at radius 1 is 1.16 bits per heavy atom. The second kappa shape index (κ2) is 15.3. The van der Waals surface area contributed by atoms with Crippen molar-refractivity contribution in [1.82, 2.24) is 0 Å². The highest BCUT2D eigenvalue weighted by molar-refractivity contribution is 5.43. The van der Waals surface area contributed by atoms with Gasteiger partial charge in [-0.15, -0.1) is 12.3 Å². The number of benzene rings is 2. The van der Waals surface area contributed by atoms with E-state index in [-0.39, 0.29) is 21.7 Å². The van der Waals surface area contributed by atoms with Crippen LogP contribution in [0.1, 0.15) is 65.7 Å². The average Bonchev–Trinajstić information content (AvgIpc) is 2.85. The molecule has 0 spiro atoms. The van der Waals surface area contributed by atoms with E-state index in [0.29, 0.717) is 37.5 Å². The number of carbonyl (C=O) groups is 1. The van der Waals surface area contributed by atoms with Gasteiger partial charge < -0.3 is 14.3 Å². The van der Waals surface area contributed by atoms with Crippen LogP contribution in [0.3, 0.4) is 0 Å². The summed E-state index contributed by atoms with van der Waals surface area (Å²) >= 11 is 0. The van der Waals surface area contributed by atoms with Crippen molar-refractivity contribution < 1.29 is 27.3 Å². The molecule has 2 atom stereocenters. The molecule has 2 aromatic carbocycles. The van der Waals surface area contributed by atoms with Crippen molar-refractivity contribution in [3.63, 3.8) is 0 Å². The Labute approximate surface area is 226 Å². The quantitative estimate of drug-likeness (QED) is 0.196. The van der Waals surface area contributed by atoms with E-state index in [0.717, 1.165) is 34.9 Å². The Balaban J connectivity index is -0.00000267. The molecule has 37 heavy (non-hydrogen) atoms. The number of hydrogen-bond donors (Lipinski definition) is 0. The van der Waals surface area contributed by atoms with E-state index in [2.05, 4.69) is 50.9 Å². The molecule has 0 aliphatic heterocycles. The number of methoxy groups -OCH3 is 1. The first-order valence-electron chi connectivity index (χ1n) is 12.6. The first-order chi connectivity index (χ1) is 17.5. The van der Waals surface area contributed by atoms with E-state index in [9.17, 15) is 8.78 Å². The fourth-order valence-electron chi connectivity index (χ4n) is 4.65. The van der Waals surface area contributed by atoms with Crippen LogP contribution >= 0.6 is 0 Å². The van der Waals surface area contributed by atoms with Crippen LogP contribution in [0.5, 0.6) is 5.75 Å². The third kappa shape index (κ3) is 9.10. The molecule has 0 amide bonds. The zero-order valence-electron chi connectivity index (χ0n) is 23.2. The van der Waals surface area contributed by atoms with Crippen molar-refractivity contribution in [3.05, 3.63) is 94.8 Å². The fraction of sp³-hybridized carbons (Fsp3) is 0.438. The lowest BCUT2D eigenvalue weighted by atomic mass is 9.84. The Morgan fingerprint density at radius 2 is 1.81 bits per heavy atom. The third-order valence-electron chi connectivity index (χ3n) is 6.44. The maximum atomic E-state index is 14.1. The number of aryl methyl sites for hydroxylation is 1. The van der Waals surface area contributed by atoms with E-state index in [1.54, 1.807) is 26.2 Å². The normalized spacial score (nSPS) is 12.7. The molecule has 0 aromatic heterocycles. The molecule has 0 bridgehead atoms. The van der Waals surface area contributed by atoms with E-state index in [1.807, 2.05) is 25.9 Å². The molecule has 0 fully saturated rings. The summed E-state index contributed by atoms with van der Waals surface area (Å²) < 4.78 is 39.8. The maximum absolute atomic E-state index is 14.1. The lowest BCUT2D eigenvalue weighted by Crippen LogP contribution is -2.14. The summed E-state index contributed by atoms with van der Waals surface area (Å²) in [4.78, 5) is 8.00. The van der Waals surface area contributed by atoms with Crippen LogP contribution in [0.25, 0.3) is 0 Å². The second-order valence-electron chi connectivity index (χ2n) is 9.58. The fourth-order valence-corrected chi connectivity index (χ4v) is 4.65. The molecule has 0 aliphatic rings. The van der Waals surface area contributed by atoms with Gasteiger partial charge in [-0.1, -0.05) is 50.8 Å². The van der Waals surface area contributed by atoms with Crippen molar-refractivity contribution >= 4 is 6.79 Å². The van der Waals surface area contributed by atoms with Gasteiger partial charge in [0.15, 0.2) is 0 Å². The topological polar surface area (TPSA) is 35.5 Å². The highest BCUT2D eigenvalue weighted by Crippen LogP contribution is 2.35. The Hall–Kier alpha value is -3.01. The Bertz CT molecular complexity index is 1080. The Morgan fingerprint density at radius 3 is 2.32 bits per heavy atom. The zero-order chi connectivity index (χ0) is 28.2. The van der Waals surface area contributed by atoms with Crippen LogP contribution in [0.15, 0.2) is 66.9 Å². The summed E-state index contributed by atoms with van der Waals surface area (Å²) in [6.45, 7) is 19.8. The molecule has 2 aromatic rings. The molecule has 2 rings (SSSR count). The number of allylic oxidation sites excluding steroid dienone is 2. The predicted octanol–water partition coefficient (Wildman–Crippen LogP) is 8.74. The maximum Gasteiger partial charge on any atom is 0.270 e. The lowest BCUT2D eigenvalue weighted by molar-refractivity contribution is -0.0980. The van der Waals surface area contributed by atoms with Gasteiger partial charge >= 0.3 is 0 Å². The number of carbonyl (C=O) groups excluding carboxylic acids is 1. The van der Waals surface area contributed by atoms with Crippen molar-refractivity contribution in [2.45, 2.75) is 59.3 Å². The van der Waals surface area contributed by atoms with E-state index in [4.69, 9.17) is 14.3 Å². The first-order valence-corrected chi connectivity index (χ1v) is 12.6. The molecule has 0 heterocycles. The van der Waals surface area contributed by atoms with Crippen LogP contribution in [0, 0.1) is 18.8 Å². The third-order valence-corrected chi connectivity index (χ3v) is 6.44. The van der Waals surface area contributed by atoms with Gasteiger partial charge in [-0.2, -0.15) is 0 Å². The molecular formula is C32H48F2O3. The highest BCUT2D eigenvalue weighted by Gasteiger charge is 2.27. The smallest absolute Gasteiger partial charge is 0.270 e. The molecule has 0 saturated heterocycles. The van der Waals surface area contributed by atoms with Crippen LogP contribution in [0.2, 0.25) is 0 Å². The number of ether oxygens (including phenoxy) is 2. The highest BCUT2D eigenvalue weighted by atomic mass is 19.3. The molecule has 0 aliphatic carbocycles. The van der Waals surface area contributed by atoms with Gasteiger partial charge in [0.2, 0.25) is 0 Å². The minimum Gasteiger partial charge on any atom is -0.494 e. The Kier molecular flexibility index (Phi) is 13.2. The summed E-state index contributed by atoms with van der Waals surface area (Å²) in [7, 11) is 1.66. The van der Waals surface area contributed by atoms with Gasteiger partial charge in [0.25, 0.3) is 5.92 Å². The molecule has 5 heteroatoms. The van der Waals surface area contributed by atoms with Gasteiger partial charge in [-0.05, 0) is 66.1 Å². The summed E-state index contributed by atoms with van der Waals surface area (Å²) in [6.07, 6.45) is 3.24. The monoisotopic (exact) mass is 518 g/mol. The summed E-state index contributed by atoms with van der Waals surface area (Å²) in [6, 6.07) is 11.6. The average molecular weight is 519 g/mol. The molecule has 0 radical (unpaired) electrons. The number of halogens is 2. The van der Waals surface area contributed by atoms with Crippen molar-refractivity contribution in [3.8, 4) is 5.75 Å². The van der Waals surface area contributed by atoms with Crippen molar-refractivity contribution in [1.29, 1.82) is 0 Å². The largest absolute Gasteiger partial charge is 0.494 e. The molecule has 0 N–H and O–H groups in total. The standard InChI is InChI=1S/C31H40F2O2.CH2O.3H2/c1-9-25(27(10-2)21(4)5)16-24-14-15-28(30(19-24)35-11-3)26(20-34-8)17-23-13-12-22(6)29(18-23)31(7,32)33;1-2;;;/h10,12-15,18-19,21,26-27H,1-2,11,16-17,20H2,3-8H3;1H2;3*1H/t26?,27-;;;;/m0..../s1. The van der Waals surface area contributed by atoms with Crippen LogP contribution in [0.4, 0.5) is 8.78 Å². The zero-order valence-corrected chi connectivity index (χ0v) is 23.2. The van der Waals surface area contributed by atoms with E-state index < -0.39 is 5.92 Å².